The summed E-state index contributed by atoms with van der Waals surface area (Å²) in [6, 6.07) is 20.3. The van der Waals surface area contributed by atoms with E-state index in [1.165, 1.54) is 32.1 Å². The maximum Gasteiger partial charge on any atom is 0.204 e. The minimum Gasteiger partial charge on any atom is -0.297 e. The van der Waals surface area contributed by atoms with Crippen molar-refractivity contribution in [3.8, 4) is 0 Å². The average molecular weight is 384 g/mol. The zero-order valence-electron chi connectivity index (χ0n) is 16.8. The SMILES string of the molecule is CC(C)CC[C@H](CC1CCCC1)NP(=O)(c1ccccc1)c1ccccc1. The lowest BCUT2D eigenvalue weighted by molar-refractivity contribution is 0.382. The molecule has 2 nitrogen and oxygen atoms in total. The molecule has 0 unspecified atom stereocenters. The largest absolute Gasteiger partial charge is 0.297 e. The summed E-state index contributed by atoms with van der Waals surface area (Å²) < 4.78 is 14.3. The summed E-state index contributed by atoms with van der Waals surface area (Å²) in [7, 11) is -2.85. The maximum atomic E-state index is 14.3. The summed E-state index contributed by atoms with van der Waals surface area (Å²) in [4.78, 5) is 0. The van der Waals surface area contributed by atoms with Gasteiger partial charge in [0.15, 0.2) is 0 Å². The van der Waals surface area contributed by atoms with Crippen LogP contribution in [0.5, 0.6) is 0 Å². The minimum atomic E-state index is -2.85. The predicted molar refractivity (Wildman–Crippen MR) is 117 cm³/mol. The lowest BCUT2D eigenvalue weighted by atomic mass is 9.94. The quantitative estimate of drug-likeness (QED) is 0.547. The Morgan fingerprint density at radius 2 is 1.41 bits per heavy atom. The van der Waals surface area contributed by atoms with Crippen molar-refractivity contribution in [2.45, 2.75) is 64.8 Å². The molecule has 1 atom stereocenters. The zero-order valence-corrected chi connectivity index (χ0v) is 17.7. The van der Waals surface area contributed by atoms with Crippen LogP contribution < -0.4 is 15.7 Å². The van der Waals surface area contributed by atoms with Crippen LogP contribution in [0.15, 0.2) is 60.7 Å². The molecule has 0 saturated heterocycles. The van der Waals surface area contributed by atoms with E-state index in [2.05, 4.69) is 18.9 Å². The first-order valence-electron chi connectivity index (χ1n) is 10.6. The Hall–Kier alpha value is -1.37. The Kier molecular flexibility index (Phi) is 7.33. The van der Waals surface area contributed by atoms with Crippen LogP contribution in [-0.4, -0.2) is 6.04 Å². The van der Waals surface area contributed by atoms with Crippen molar-refractivity contribution >= 4 is 17.9 Å². The molecule has 146 valence electrons. The van der Waals surface area contributed by atoms with E-state index in [1.807, 2.05) is 60.7 Å². The van der Waals surface area contributed by atoms with Crippen molar-refractivity contribution in [3.05, 3.63) is 60.7 Å². The molecule has 1 aliphatic rings. The highest BCUT2D eigenvalue weighted by atomic mass is 31.2. The molecule has 0 amide bonds. The molecule has 0 aromatic heterocycles. The molecular formula is C24H34NOP. The topological polar surface area (TPSA) is 29.1 Å². The maximum absolute atomic E-state index is 14.3. The molecule has 2 aromatic carbocycles. The zero-order chi connectivity index (χ0) is 19.1. The van der Waals surface area contributed by atoms with Crippen molar-refractivity contribution in [2.75, 3.05) is 0 Å². The van der Waals surface area contributed by atoms with Gasteiger partial charge in [-0.1, -0.05) is 75.9 Å². The van der Waals surface area contributed by atoms with Gasteiger partial charge >= 0.3 is 0 Å². The van der Waals surface area contributed by atoms with Crippen LogP contribution >= 0.6 is 7.29 Å². The lowest BCUT2D eigenvalue weighted by Gasteiger charge is -2.29. The fourth-order valence-electron chi connectivity index (χ4n) is 4.25. The van der Waals surface area contributed by atoms with Gasteiger partial charge in [0.25, 0.3) is 0 Å². The molecule has 1 aliphatic carbocycles. The van der Waals surface area contributed by atoms with Gasteiger partial charge in [0, 0.05) is 16.7 Å². The molecule has 27 heavy (non-hydrogen) atoms. The van der Waals surface area contributed by atoms with E-state index in [0.717, 1.165) is 29.4 Å². The van der Waals surface area contributed by atoms with E-state index in [1.54, 1.807) is 0 Å². The predicted octanol–water partition coefficient (Wildman–Crippen LogP) is 5.89. The highest BCUT2D eigenvalue weighted by Crippen LogP contribution is 2.41. The lowest BCUT2D eigenvalue weighted by Crippen LogP contribution is -2.36. The Morgan fingerprint density at radius 1 is 0.889 bits per heavy atom. The number of benzene rings is 2. The fourth-order valence-corrected chi connectivity index (χ4v) is 6.78. The minimum absolute atomic E-state index is 0.307. The van der Waals surface area contributed by atoms with Gasteiger partial charge in [-0.3, -0.25) is 9.65 Å². The Bertz CT molecular complexity index is 679. The van der Waals surface area contributed by atoms with Gasteiger partial charge in [0.2, 0.25) is 7.29 Å². The summed E-state index contributed by atoms with van der Waals surface area (Å²) in [5.41, 5.74) is 0. The second-order valence-corrected chi connectivity index (χ2v) is 11.0. The van der Waals surface area contributed by atoms with Gasteiger partial charge < -0.3 is 0 Å². The molecule has 1 fully saturated rings. The summed E-state index contributed by atoms with van der Waals surface area (Å²) in [6.07, 6.45) is 8.80. The van der Waals surface area contributed by atoms with E-state index in [-0.39, 0.29) is 0 Å². The number of hydrogen-bond donors (Lipinski definition) is 1. The molecule has 1 N–H and O–H groups in total. The third-order valence-corrected chi connectivity index (χ3v) is 8.57. The van der Waals surface area contributed by atoms with E-state index >= 15 is 0 Å². The van der Waals surface area contributed by atoms with E-state index in [4.69, 9.17) is 0 Å². The molecule has 0 spiro atoms. The number of rotatable bonds is 9. The molecule has 3 rings (SSSR count). The van der Waals surface area contributed by atoms with Gasteiger partial charge in [-0.05, 0) is 55.4 Å². The van der Waals surface area contributed by atoms with Gasteiger partial charge in [-0.25, -0.2) is 0 Å². The van der Waals surface area contributed by atoms with Gasteiger partial charge in [0.05, 0.1) is 0 Å². The molecule has 0 aliphatic heterocycles. The van der Waals surface area contributed by atoms with Crippen LogP contribution in [0.25, 0.3) is 0 Å². The van der Waals surface area contributed by atoms with Crippen molar-refractivity contribution in [1.29, 1.82) is 0 Å². The van der Waals surface area contributed by atoms with E-state index in [0.29, 0.717) is 12.0 Å². The summed E-state index contributed by atoms with van der Waals surface area (Å²) in [5.74, 6) is 1.46. The van der Waals surface area contributed by atoms with Crippen molar-refractivity contribution in [3.63, 3.8) is 0 Å². The van der Waals surface area contributed by atoms with Crippen LogP contribution in [0.1, 0.15) is 58.8 Å². The second kappa shape index (κ2) is 9.71. The van der Waals surface area contributed by atoms with Crippen LogP contribution in [0.2, 0.25) is 0 Å². The van der Waals surface area contributed by atoms with Gasteiger partial charge in [-0.15, -0.1) is 0 Å². The third kappa shape index (κ3) is 5.56. The fraction of sp³-hybridized carbons (Fsp3) is 0.500. The first kappa shape index (κ1) is 20.4. The van der Waals surface area contributed by atoms with Gasteiger partial charge in [-0.2, -0.15) is 0 Å². The van der Waals surface area contributed by atoms with Crippen LogP contribution in [-0.2, 0) is 4.57 Å². The number of nitrogens with one attached hydrogen (secondary N) is 1. The molecule has 0 radical (unpaired) electrons. The van der Waals surface area contributed by atoms with Crippen LogP contribution in [0.3, 0.4) is 0 Å². The average Bonchev–Trinajstić information content (AvgIpc) is 3.20. The third-order valence-electron chi connectivity index (χ3n) is 5.79. The summed E-state index contributed by atoms with van der Waals surface area (Å²) >= 11 is 0. The van der Waals surface area contributed by atoms with Crippen molar-refractivity contribution in [1.82, 2.24) is 5.09 Å². The molecule has 3 heteroatoms. The molecule has 0 heterocycles. The second-order valence-electron chi connectivity index (χ2n) is 8.46. The highest BCUT2D eigenvalue weighted by molar-refractivity contribution is 7.76. The molecule has 1 saturated carbocycles. The van der Waals surface area contributed by atoms with Crippen LogP contribution in [0, 0.1) is 11.8 Å². The first-order chi connectivity index (χ1) is 13.1. The molecule has 2 aromatic rings. The Balaban J connectivity index is 1.88. The highest BCUT2D eigenvalue weighted by Gasteiger charge is 2.31. The smallest absolute Gasteiger partial charge is 0.204 e. The standard InChI is InChI=1S/C24H34NOP/c1-20(2)17-18-22(19-21-11-9-10-12-21)25-27(26,23-13-5-3-6-14-23)24-15-7-4-8-16-24/h3-8,13-16,20-22H,9-12,17-19H2,1-2H3,(H,25,26)/t22-/m1/s1. The summed E-state index contributed by atoms with van der Waals surface area (Å²) in [6.45, 7) is 4.56. The Labute approximate surface area is 165 Å². The van der Waals surface area contributed by atoms with Crippen molar-refractivity contribution < 1.29 is 4.57 Å². The Morgan fingerprint density at radius 3 is 1.89 bits per heavy atom. The molecular weight excluding hydrogens is 349 g/mol. The van der Waals surface area contributed by atoms with Crippen LogP contribution in [0.4, 0.5) is 0 Å². The number of hydrogen-bond acceptors (Lipinski definition) is 1. The van der Waals surface area contributed by atoms with E-state index < -0.39 is 7.29 Å². The summed E-state index contributed by atoms with van der Waals surface area (Å²) in [5, 5.41) is 5.53. The van der Waals surface area contributed by atoms with Gasteiger partial charge in [0.1, 0.15) is 0 Å². The first-order valence-corrected chi connectivity index (χ1v) is 12.3. The molecule has 0 bridgehead atoms. The van der Waals surface area contributed by atoms with E-state index in [9.17, 15) is 4.57 Å². The monoisotopic (exact) mass is 383 g/mol. The van der Waals surface area contributed by atoms with Crippen molar-refractivity contribution in [2.24, 2.45) is 11.8 Å². The normalized spacial score (nSPS) is 16.7.